The average molecular weight is 215 g/mol. The molecule has 6 nitrogen and oxygen atoms in total. The van der Waals surface area contributed by atoms with Gasteiger partial charge in [0.05, 0.1) is 0 Å². The molecule has 0 bridgehead atoms. The van der Waals surface area contributed by atoms with Gasteiger partial charge in [-0.1, -0.05) is 13.8 Å². The van der Waals surface area contributed by atoms with Crippen LogP contribution in [0.1, 0.15) is 20.8 Å². The molecule has 0 aliphatic rings. The second-order valence-electron chi connectivity index (χ2n) is 3.64. The number of rotatable bonds is 5. The molecule has 0 aliphatic carbocycles. The van der Waals surface area contributed by atoms with Gasteiger partial charge in [-0.3, -0.25) is 15.2 Å². The maximum Gasteiger partial charge on any atom is 0.216 e. The molecule has 0 atom stereocenters. The Morgan fingerprint density at radius 2 is 1.93 bits per heavy atom. The van der Waals surface area contributed by atoms with Crippen molar-refractivity contribution in [1.82, 2.24) is 16.1 Å². The zero-order valence-corrected chi connectivity index (χ0v) is 9.63. The van der Waals surface area contributed by atoms with E-state index in [2.05, 4.69) is 34.9 Å². The summed E-state index contributed by atoms with van der Waals surface area (Å²) in [4.78, 5) is 14.8. The largest absolute Gasteiger partial charge is 0.355 e. The predicted molar refractivity (Wildman–Crippen MR) is 61.1 cm³/mol. The van der Waals surface area contributed by atoms with E-state index in [1.165, 1.54) is 6.92 Å². The monoisotopic (exact) mass is 215 g/mol. The first-order chi connectivity index (χ1) is 7.06. The maximum absolute atomic E-state index is 10.6. The van der Waals surface area contributed by atoms with Gasteiger partial charge in [0.15, 0.2) is 0 Å². The number of hydrogen-bond acceptors (Lipinski definition) is 3. The van der Waals surface area contributed by atoms with E-state index in [1.807, 2.05) is 0 Å². The normalized spacial score (nSPS) is 11.4. The summed E-state index contributed by atoms with van der Waals surface area (Å²) in [6.07, 6.45) is 0. The molecule has 15 heavy (non-hydrogen) atoms. The van der Waals surface area contributed by atoms with Gasteiger partial charge in [-0.05, 0) is 5.92 Å². The number of nitrogens with two attached hydrogens (primary N) is 1. The summed E-state index contributed by atoms with van der Waals surface area (Å²) < 4.78 is 0. The minimum Gasteiger partial charge on any atom is -0.355 e. The minimum absolute atomic E-state index is 0.0434. The van der Waals surface area contributed by atoms with Crippen molar-refractivity contribution in [2.75, 3.05) is 19.6 Å². The summed E-state index contributed by atoms with van der Waals surface area (Å²) in [5, 5.41) is 5.64. The number of hydrogen-bond donors (Lipinski definition) is 4. The fourth-order valence-electron chi connectivity index (χ4n) is 0.846. The summed E-state index contributed by atoms with van der Waals surface area (Å²) >= 11 is 0. The molecule has 0 fully saturated rings. The van der Waals surface area contributed by atoms with E-state index in [4.69, 9.17) is 5.84 Å². The van der Waals surface area contributed by atoms with E-state index in [0.29, 0.717) is 31.5 Å². The van der Waals surface area contributed by atoms with Gasteiger partial charge >= 0.3 is 0 Å². The van der Waals surface area contributed by atoms with Crippen LogP contribution in [0.15, 0.2) is 4.99 Å². The molecule has 1 amide bonds. The van der Waals surface area contributed by atoms with Crippen LogP contribution in [0.2, 0.25) is 0 Å². The molecular weight excluding hydrogens is 194 g/mol. The third kappa shape index (κ3) is 9.01. The first-order valence-electron chi connectivity index (χ1n) is 5.05. The van der Waals surface area contributed by atoms with Crippen LogP contribution >= 0.6 is 0 Å². The second kappa shape index (κ2) is 8.05. The maximum atomic E-state index is 10.6. The third-order valence-electron chi connectivity index (χ3n) is 1.54. The minimum atomic E-state index is -0.0434. The van der Waals surface area contributed by atoms with E-state index in [1.54, 1.807) is 0 Å². The molecule has 0 aliphatic heterocycles. The Hall–Kier alpha value is -1.30. The van der Waals surface area contributed by atoms with Crippen molar-refractivity contribution >= 4 is 11.9 Å². The van der Waals surface area contributed by atoms with Gasteiger partial charge in [-0.2, -0.15) is 0 Å². The van der Waals surface area contributed by atoms with Crippen molar-refractivity contribution in [2.24, 2.45) is 16.8 Å². The smallest absolute Gasteiger partial charge is 0.216 e. The lowest BCUT2D eigenvalue weighted by molar-refractivity contribution is -0.118. The zero-order chi connectivity index (χ0) is 11.7. The Balaban J connectivity index is 3.70. The number of nitrogens with one attached hydrogen (secondary N) is 3. The van der Waals surface area contributed by atoms with Gasteiger partial charge in [0, 0.05) is 26.6 Å². The van der Waals surface area contributed by atoms with Crippen LogP contribution in [0.4, 0.5) is 0 Å². The quantitative estimate of drug-likeness (QED) is 0.159. The number of hydrazine groups is 1. The second-order valence-corrected chi connectivity index (χ2v) is 3.64. The lowest BCUT2D eigenvalue weighted by Crippen LogP contribution is -2.44. The van der Waals surface area contributed by atoms with Gasteiger partial charge in [0.2, 0.25) is 11.9 Å². The summed E-state index contributed by atoms with van der Waals surface area (Å²) in [7, 11) is 0. The lowest BCUT2D eigenvalue weighted by atomic mass is 10.2. The van der Waals surface area contributed by atoms with Crippen molar-refractivity contribution in [3.8, 4) is 0 Å². The van der Waals surface area contributed by atoms with Gasteiger partial charge < -0.3 is 10.6 Å². The van der Waals surface area contributed by atoms with E-state index >= 15 is 0 Å². The Kier molecular flexibility index (Phi) is 7.35. The van der Waals surface area contributed by atoms with E-state index in [-0.39, 0.29) is 5.91 Å². The average Bonchev–Trinajstić information content (AvgIpc) is 2.16. The molecule has 0 aromatic heterocycles. The summed E-state index contributed by atoms with van der Waals surface area (Å²) in [6, 6.07) is 0. The lowest BCUT2D eigenvalue weighted by Gasteiger charge is -2.09. The highest BCUT2D eigenvalue weighted by atomic mass is 16.1. The van der Waals surface area contributed by atoms with Crippen LogP contribution in [-0.4, -0.2) is 31.5 Å². The number of carbonyl (C=O) groups is 1. The molecule has 0 radical (unpaired) electrons. The topological polar surface area (TPSA) is 91.5 Å². The first kappa shape index (κ1) is 13.7. The summed E-state index contributed by atoms with van der Waals surface area (Å²) in [5.41, 5.74) is 2.47. The summed E-state index contributed by atoms with van der Waals surface area (Å²) in [5.74, 6) is 6.27. The molecule has 5 N–H and O–H groups in total. The van der Waals surface area contributed by atoms with Crippen LogP contribution in [0.5, 0.6) is 0 Å². The molecule has 0 rings (SSSR count). The van der Waals surface area contributed by atoms with E-state index in [9.17, 15) is 4.79 Å². The van der Waals surface area contributed by atoms with Crippen molar-refractivity contribution in [1.29, 1.82) is 0 Å². The highest BCUT2D eigenvalue weighted by molar-refractivity contribution is 5.79. The molecular formula is C9H21N5O. The van der Waals surface area contributed by atoms with E-state index < -0.39 is 0 Å². The van der Waals surface area contributed by atoms with Gasteiger partial charge in [-0.15, -0.1) is 0 Å². The number of carbonyl (C=O) groups excluding carboxylic acids is 1. The Morgan fingerprint density at radius 1 is 1.33 bits per heavy atom. The highest BCUT2D eigenvalue weighted by Crippen LogP contribution is 1.90. The molecule has 0 aromatic rings. The molecule has 0 unspecified atom stereocenters. The van der Waals surface area contributed by atoms with Gasteiger partial charge in [-0.25, -0.2) is 5.84 Å². The third-order valence-corrected chi connectivity index (χ3v) is 1.54. The van der Waals surface area contributed by atoms with Gasteiger partial charge in [0.1, 0.15) is 0 Å². The molecule has 0 aromatic carbocycles. The Bertz CT molecular complexity index is 215. The van der Waals surface area contributed by atoms with E-state index in [0.717, 1.165) is 0 Å². The predicted octanol–water partition coefficient (Wildman–Crippen LogP) is -0.813. The van der Waals surface area contributed by atoms with Crippen LogP contribution in [-0.2, 0) is 4.79 Å². The van der Waals surface area contributed by atoms with Crippen LogP contribution in [0.3, 0.4) is 0 Å². The molecule has 6 heteroatoms. The highest BCUT2D eigenvalue weighted by Gasteiger charge is 1.96. The number of guanidine groups is 1. The van der Waals surface area contributed by atoms with Crippen LogP contribution < -0.4 is 21.9 Å². The molecule has 0 heterocycles. The fraction of sp³-hybridized carbons (Fsp3) is 0.778. The van der Waals surface area contributed by atoms with Crippen molar-refractivity contribution in [3.63, 3.8) is 0 Å². The number of amides is 1. The van der Waals surface area contributed by atoms with Gasteiger partial charge in [0.25, 0.3) is 0 Å². The SMILES string of the molecule is CC(=O)NCCNC(=NCC(C)C)NN. The molecule has 0 saturated heterocycles. The standard InChI is InChI=1S/C9H21N5O/c1-7(2)6-13-9(14-10)12-5-4-11-8(3)15/h7H,4-6,10H2,1-3H3,(H,11,15)(H2,12,13,14). The molecule has 88 valence electrons. The Morgan fingerprint density at radius 3 is 2.40 bits per heavy atom. The van der Waals surface area contributed by atoms with Crippen molar-refractivity contribution in [3.05, 3.63) is 0 Å². The fourth-order valence-corrected chi connectivity index (χ4v) is 0.846. The molecule has 0 spiro atoms. The van der Waals surface area contributed by atoms with Crippen LogP contribution in [0.25, 0.3) is 0 Å². The summed E-state index contributed by atoms with van der Waals surface area (Å²) in [6.45, 7) is 7.50. The van der Waals surface area contributed by atoms with Crippen molar-refractivity contribution < 1.29 is 4.79 Å². The number of nitrogens with zero attached hydrogens (tertiary/aromatic N) is 1. The number of aliphatic imine (C=N–C) groups is 1. The van der Waals surface area contributed by atoms with Crippen LogP contribution in [0, 0.1) is 5.92 Å². The first-order valence-corrected chi connectivity index (χ1v) is 5.05. The zero-order valence-electron chi connectivity index (χ0n) is 9.63. The Labute approximate surface area is 90.7 Å². The van der Waals surface area contributed by atoms with Crippen molar-refractivity contribution in [2.45, 2.75) is 20.8 Å². The molecule has 0 saturated carbocycles.